The Labute approximate surface area is 145 Å². The number of halogens is 1. The van der Waals surface area contributed by atoms with Crippen LogP contribution in [0.4, 0.5) is 4.79 Å². The van der Waals surface area contributed by atoms with Crippen LogP contribution in [0, 0.1) is 0 Å². The van der Waals surface area contributed by atoms with Crippen molar-refractivity contribution < 1.29 is 4.79 Å². The number of benzene rings is 1. The van der Waals surface area contributed by atoms with Crippen LogP contribution in [0.1, 0.15) is 36.8 Å². The van der Waals surface area contributed by atoms with Crippen molar-refractivity contribution in [2.45, 2.75) is 37.3 Å². The zero-order chi connectivity index (χ0) is 16.5. The molecular formula is C17H20ClN5O. The topological polar surface area (TPSA) is 63.1 Å². The van der Waals surface area contributed by atoms with Gasteiger partial charge < -0.3 is 10.2 Å². The SMILES string of the molecule is O=C(N[C@@H]1C[C@H]1c1cccc(Cl)c1)N1CCCC(n2cncn2)C1. The third-order valence-corrected chi connectivity index (χ3v) is 5.11. The number of carbonyl (C=O) groups excluding carboxylic acids is 1. The number of aromatic nitrogens is 3. The second-order valence-electron chi connectivity index (χ2n) is 6.57. The number of nitrogens with one attached hydrogen (secondary N) is 1. The van der Waals surface area contributed by atoms with Gasteiger partial charge >= 0.3 is 6.03 Å². The highest BCUT2D eigenvalue weighted by Crippen LogP contribution is 2.41. The second kappa shape index (κ2) is 6.43. The molecule has 24 heavy (non-hydrogen) atoms. The quantitative estimate of drug-likeness (QED) is 0.930. The van der Waals surface area contributed by atoms with E-state index in [4.69, 9.17) is 11.6 Å². The highest BCUT2D eigenvalue weighted by molar-refractivity contribution is 6.30. The predicted molar refractivity (Wildman–Crippen MR) is 91.0 cm³/mol. The fourth-order valence-corrected chi connectivity index (χ4v) is 3.67. The van der Waals surface area contributed by atoms with Crippen LogP contribution >= 0.6 is 11.6 Å². The molecule has 1 N–H and O–H groups in total. The Morgan fingerprint density at radius 3 is 3.08 bits per heavy atom. The first-order valence-corrected chi connectivity index (χ1v) is 8.73. The van der Waals surface area contributed by atoms with E-state index in [1.165, 1.54) is 5.56 Å². The van der Waals surface area contributed by atoms with E-state index in [0.717, 1.165) is 30.8 Å². The van der Waals surface area contributed by atoms with Crippen molar-refractivity contribution in [2.24, 2.45) is 0 Å². The number of amides is 2. The van der Waals surface area contributed by atoms with E-state index in [2.05, 4.69) is 21.5 Å². The Morgan fingerprint density at radius 2 is 2.29 bits per heavy atom. The van der Waals surface area contributed by atoms with Gasteiger partial charge in [-0.05, 0) is 37.0 Å². The van der Waals surface area contributed by atoms with Crippen LogP contribution in [0.3, 0.4) is 0 Å². The molecule has 3 atom stereocenters. The van der Waals surface area contributed by atoms with Crippen LogP contribution in [-0.2, 0) is 0 Å². The standard InChI is InChI=1S/C17H20ClN5O/c18-13-4-1-3-12(7-13)15-8-16(15)21-17(24)22-6-2-5-14(9-22)23-11-19-10-20-23/h1,3-4,7,10-11,14-16H,2,5-6,8-9H2,(H,21,24)/t14?,15-,16+/m0/s1. The molecule has 2 heterocycles. The van der Waals surface area contributed by atoms with Gasteiger partial charge in [-0.15, -0.1) is 0 Å². The van der Waals surface area contributed by atoms with Crippen LogP contribution in [0.25, 0.3) is 0 Å². The van der Waals surface area contributed by atoms with Crippen LogP contribution in [-0.4, -0.2) is 44.8 Å². The van der Waals surface area contributed by atoms with Gasteiger partial charge in [-0.1, -0.05) is 23.7 Å². The average Bonchev–Trinajstić information content (AvgIpc) is 3.14. The number of piperidine rings is 1. The molecule has 2 amide bonds. The van der Waals surface area contributed by atoms with Crippen molar-refractivity contribution in [3.63, 3.8) is 0 Å². The number of urea groups is 1. The summed E-state index contributed by atoms with van der Waals surface area (Å²) in [4.78, 5) is 18.4. The molecular weight excluding hydrogens is 326 g/mol. The number of carbonyl (C=O) groups is 1. The number of hydrogen-bond donors (Lipinski definition) is 1. The lowest BCUT2D eigenvalue weighted by Gasteiger charge is -2.32. The van der Waals surface area contributed by atoms with Gasteiger partial charge in [0.15, 0.2) is 0 Å². The van der Waals surface area contributed by atoms with E-state index in [-0.39, 0.29) is 18.1 Å². The molecule has 0 radical (unpaired) electrons. The normalized spacial score (nSPS) is 26.2. The molecule has 1 aromatic carbocycles. The van der Waals surface area contributed by atoms with Crippen LogP contribution < -0.4 is 5.32 Å². The van der Waals surface area contributed by atoms with Crippen LogP contribution in [0.5, 0.6) is 0 Å². The first-order valence-electron chi connectivity index (χ1n) is 8.36. The molecule has 1 aromatic heterocycles. The Morgan fingerprint density at radius 1 is 1.38 bits per heavy atom. The summed E-state index contributed by atoms with van der Waals surface area (Å²) in [5, 5.41) is 8.10. The summed E-state index contributed by atoms with van der Waals surface area (Å²) in [6.07, 6.45) is 6.26. The number of likely N-dealkylation sites (tertiary alicyclic amines) is 1. The summed E-state index contributed by atoms with van der Waals surface area (Å²) < 4.78 is 1.85. The Bertz CT molecular complexity index is 720. The molecule has 4 rings (SSSR count). The van der Waals surface area contributed by atoms with E-state index < -0.39 is 0 Å². The van der Waals surface area contributed by atoms with Crippen molar-refractivity contribution in [1.82, 2.24) is 25.0 Å². The molecule has 2 fully saturated rings. The van der Waals surface area contributed by atoms with Crippen molar-refractivity contribution in [1.29, 1.82) is 0 Å². The summed E-state index contributed by atoms with van der Waals surface area (Å²) in [7, 11) is 0. The Hall–Kier alpha value is -2.08. The smallest absolute Gasteiger partial charge is 0.317 e. The van der Waals surface area contributed by atoms with E-state index in [9.17, 15) is 4.79 Å². The van der Waals surface area contributed by atoms with E-state index in [0.29, 0.717) is 12.5 Å². The summed E-state index contributed by atoms with van der Waals surface area (Å²) >= 11 is 6.05. The second-order valence-corrected chi connectivity index (χ2v) is 7.01. The fraction of sp³-hybridized carbons (Fsp3) is 0.471. The molecule has 6 nitrogen and oxygen atoms in total. The zero-order valence-electron chi connectivity index (χ0n) is 13.3. The molecule has 1 aliphatic heterocycles. The molecule has 7 heteroatoms. The molecule has 0 bridgehead atoms. The molecule has 2 aliphatic rings. The molecule has 1 saturated carbocycles. The molecule has 1 saturated heterocycles. The summed E-state index contributed by atoms with van der Waals surface area (Å²) in [6.45, 7) is 1.48. The molecule has 1 aliphatic carbocycles. The van der Waals surface area contributed by atoms with E-state index >= 15 is 0 Å². The minimum Gasteiger partial charge on any atom is -0.335 e. The monoisotopic (exact) mass is 345 g/mol. The third kappa shape index (κ3) is 3.24. The maximum atomic E-state index is 12.6. The average molecular weight is 346 g/mol. The van der Waals surface area contributed by atoms with Crippen LogP contribution in [0.15, 0.2) is 36.9 Å². The van der Waals surface area contributed by atoms with E-state index in [1.54, 1.807) is 12.7 Å². The van der Waals surface area contributed by atoms with Crippen molar-refractivity contribution in [3.8, 4) is 0 Å². The van der Waals surface area contributed by atoms with Crippen LogP contribution in [0.2, 0.25) is 5.02 Å². The van der Waals surface area contributed by atoms with Gasteiger partial charge in [-0.2, -0.15) is 5.10 Å². The summed E-state index contributed by atoms with van der Waals surface area (Å²) in [6, 6.07) is 8.35. The molecule has 126 valence electrons. The minimum atomic E-state index is 0.0225. The van der Waals surface area contributed by atoms with Crippen molar-refractivity contribution >= 4 is 17.6 Å². The highest BCUT2D eigenvalue weighted by atomic mass is 35.5. The lowest BCUT2D eigenvalue weighted by Crippen LogP contribution is -2.46. The van der Waals surface area contributed by atoms with Gasteiger partial charge in [-0.25, -0.2) is 14.5 Å². The largest absolute Gasteiger partial charge is 0.335 e. The fourth-order valence-electron chi connectivity index (χ4n) is 3.47. The minimum absolute atomic E-state index is 0.0225. The lowest BCUT2D eigenvalue weighted by atomic mass is 10.1. The number of hydrogen-bond acceptors (Lipinski definition) is 3. The predicted octanol–water partition coefficient (Wildman–Crippen LogP) is 2.83. The maximum absolute atomic E-state index is 12.6. The molecule has 0 spiro atoms. The van der Waals surface area contributed by atoms with Gasteiger partial charge in [0.1, 0.15) is 12.7 Å². The summed E-state index contributed by atoms with van der Waals surface area (Å²) in [5.41, 5.74) is 1.20. The summed E-state index contributed by atoms with van der Waals surface area (Å²) in [5.74, 6) is 0.378. The molecule has 1 unspecified atom stereocenters. The zero-order valence-corrected chi connectivity index (χ0v) is 14.1. The lowest BCUT2D eigenvalue weighted by molar-refractivity contribution is 0.162. The van der Waals surface area contributed by atoms with Gasteiger partial charge in [-0.3, -0.25) is 0 Å². The number of nitrogens with zero attached hydrogens (tertiary/aromatic N) is 4. The maximum Gasteiger partial charge on any atom is 0.317 e. The highest BCUT2D eigenvalue weighted by Gasteiger charge is 2.40. The number of rotatable bonds is 3. The van der Waals surface area contributed by atoms with Gasteiger partial charge in [0.25, 0.3) is 0 Å². The van der Waals surface area contributed by atoms with Gasteiger partial charge in [0, 0.05) is 30.1 Å². The first kappa shape index (κ1) is 15.4. The van der Waals surface area contributed by atoms with Gasteiger partial charge in [0.05, 0.1) is 6.04 Å². The molecule has 2 aromatic rings. The Balaban J connectivity index is 1.34. The van der Waals surface area contributed by atoms with Crippen molar-refractivity contribution in [2.75, 3.05) is 13.1 Å². The third-order valence-electron chi connectivity index (χ3n) is 4.87. The first-order chi connectivity index (χ1) is 11.7. The van der Waals surface area contributed by atoms with Gasteiger partial charge in [0.2, 0.25) is 0 Å². The van der Waals surface area contributed by atoms with Crippen molar-refractivity contribution in [3.05, 3.63) is 47.5 Å². The Kier molecular flexibility index (Phi) is 4.14. The van der Waals surface area contributed by atoms with E-state index in [1.807, 2.05) is 27.8 Å².